The Morgan fingerprint density at radius 3 is 2.41 bits per heavy atom. The van der Waals surface area contributed by atoms with E-state index in [1.165, 1.54) is 0 Å². The number of hydrogen-bond donors (Lipinski definition) is 4. The molecule has 148 valence electrons. The van der Waals surface area contributed by atoms with Crippen molar-refractivity contribution in [1.82, 2.24) is 16.0 Å². The van der Waals surface area contributed by atoms with Crippen LogP contribution in [0.2, 0.25) is 0 Å². The summed E-state index contributed by atoms with van der Waals surface area (Å²) in [5.41, 5.74) is 6.39. The lowest BCUT2D eigenvalue weighted by molar-refractivity contribution is -0.132. The van der Waals surface area contributed by atoms with Gasteiger partial charge in [-0.2, -0.15) is 0 Å². The second-order valence-corrected chi connectivity index (χ2v) is 7.49. The number of amides is 3. The molecule has 1 aliphatic rings. The largest absolute Gasteiger partial charge is 0.368 e. The first-order chi connectivity index (χ1) is 12.9. The van der Waals surface area contributed by atoms with Gasteiger partial charge in [-0.1, -0.05) is 44.2 Å². The molecule has 5 N–H and O–H groups in total. The lowest BCUT2D eigenvalue weighted by atomic mass is 10.0. The predicted molar refractivity (Wildman–Crippen MR) is 104 cm³/mol. The Hall–Kier alpha value is -2.41. The minimum atomic E-state index is -0.823. The van der Waals surface area contributed by atoms with Crippen LogP contribution in [0, 0.1) is 5.92 Å². The molecule has 0 aromatic heterocycles. The van der Waals surface area contributed by atoms with E-state index >= 15 is 0 Å². The number of carbonyl (C=O) groups excluding carboxylic acids is 3. The molecule has 1 fully saturated rings. The Kier molecular flexibility index (Phi) is 7.79. The van der Waals surface area contributed by atoms with Crippen molar-refractivity contribution in [3.05, 3.63) is 35.9 Å². The van der Waals surface area contributed by atoms with Crippen LogP contribution in [0.5, 0.6) is 0 Å². The van der Waals surface area contributed by atoms with E-state index in [1.807, 2.05) is 44.2 Å². The summed E-state index contributed by atoms with van der Waals surface area (Å²) in [6.45, 7) is 4.77. The monoisotopic (exact) mass is 374 g/mol. The van der Waals surface area contributed by atoms with E-state index in [1.54, 1.807) is 0 Å². The summed E-state index contributed by atoms with van der Waals surface area (Å²) < 4.78 is 0. The van der Waals surface area contributed by atoms with E-state index in [2.05, 4.69) is 16.0 Å². The molecule has 1 aromatic carbocycles. The van der Waals surface area contributed by atoms with Crippen LogP contribution in [0.3, 0.4) is 0 Å². The maximum Gasteiger partial charge on any atom is 0.243 e. The Morgan fingerprint density at radius 1 is 1.15 bits per heavy atom. The highest BCUT2D eigenvalue weighted by molar-refractivity contribution is 5.92. The van der Waals surface area contributed by atoms with Crippen LogP contribution in [-0.2, 0) is 20.8 Å². The molecule has 0 radical (unpaired) electrons. The zero-order valence-corrected chi connectivity index (χ0v) is 16.0. The van der Waals surface area contributed by atoms with Crippen molar-refractivity contribution in [2.75, 3.05) is 6.54 Å². The van der Waals surface area contributed by atoms with Crippen LogP contribution in [0.1, 0.15) is 38.7 Å². The predicted octanol–water partition coefficient (Wildman–Crippen LogP) is 0.482. The van der Waals surface area contributed by atoms with Crippen LogP contribution < -0.4 is 21.7 Å². The Labute approximate surface area is 160 Å². The second kappa shape index (κ2) is 10.1. The molecule has 7 nitrogen and oxygen atoms in total. The van der Waals surface area contributed by atoms with Gasteiger partial charge >= 0.3 is 0 Å². The fourth-order valence-electron chi connectivity index (χ4n) is 3.23. The Bertz CT molecular complexity index is 642. The van der Waals surface area contributed by atoms with Crippen molar-refractivity contribution in [3.8, 4) is 0 Å². The van der Waals surface area contributed by atoms with Crippen molar-refractivity contribution in [1.29, 1.82) is 0 Å². The zero-order chi connectivity index (χ0) is 19.8. The minimum absolute atomic E-state index is 0.174. The molecule has 0 spiro atoms. The molecule has 1 heterocycles. The highest BCUT2D eigenvalue weighted by atomic mass is 16.2. The summed E-state index contributed by atoms with van der Waals surface area (Å²) in [4.78, 5) is 37.0. The average molecular weight is 374 g/mol. The fourth-order valence-corrected chi connectivity index (χ4v) is 3.23. The Morgan fingerprint density at radius 2 is 1.85 bits per heavy atom. The molecule has 27 heavy (non-hydrogen) atoms. The van der Waals surface area contributed by atoms with Crippen LogP contribution in [0.4, 0.5) is 0 Å². The van der Waals surface area contributed by atoms with Crippen LogP contribution in [-0.4, -0.2) is 42.4 Å². The summed E-state index contributed by atoms with van der Waals surface area (Å²) in [7, 11) is 0. The van der Waals surface area contributed by atoms with Gasteiger partial charge < -0.3 is 21.7 Å². The van der Waals surface area contributed by atoms with Gasteiger partial charge in [-0.3, -0.25) is 14.4 Å². The second-order valence-electron chi connectivity index (χ2n) is 7.49. The molecule has 0 saturated carbocycles. The molecular formula is C20H30N4O3. The molecule has 3 amide bonds. The lowest BCUT2D eigenvalue weighted by Gasteiger charge is -2.24. The van der Waals surface area contributed by atoms with Gasteiger partial charge in [0.25, 0.3) is 0 Å². The van der Waals surface area contributed by atoms with Gasteiger partial charge in [0.1, 0.15) is 12.1 Å². The number of hydrogen-bond acceptors (Lipinski definition) is 4. The minimum Gasteiger partial charge on any atom is -0.368 e. The smallest absolute Gasteiger partial charge is 0.243 e. The summed E-state index contributed by atoms with van der Waals surface area (Å²) in [5.74, 6) is -0.945. The highest BCUT2D eigenvalue weighted by Gasteiger charge is 2.29. The maximum atomic E-state index is 12.8. The van der Waals surface area contributed by atoms with Gasteiger partial charge in [-0.25, -0.2) is 0 Å². The van der Waals surface area contributed by atoms with E-state index in [9.17, 15) is 14.4 Å². The number of benzene rings is 1. The number of primary amides is 1. The van der Waals surface area contributed by atoms with Crippen molar-refractivity contribution in [2.45, 2.75) is 57.7 Å². The van der Waals surface area contributed by atoms with Gasteiger partial charge in [0.05, 0.1) is 6.04 Å². The molecule has 0 aliphatic carbocycles. The van der Waals surface area contributed by atoms with Crippen LogP contribution in [0.15, 0.2) is 30.3 Å². The first kappa shape index (κ1) is 20.9. The van der Waals surface area contributed by atoms with Crippen molar-refractivity contribution >= 4 is 17.7 Å². The third-order valence-corrected chi connectivity index (χ3v) is 4.66. The van der Waals surface area contributed by atoms with E-state index in [-0.39, 0.29) is 23.8 Å². The maximum absolute atomic E-state index is 12.8. The van der Waals surface area contributed by atoms with Crippen molar-refractivity contribution in [2.24, 2.45) is 11.7 Å². The molecule has 1 saturated heterocycles. The number of carbonyl (C=O) groups is 3. The van der Waals surface area contributed by atoms with Crippen molar-refractivity contribution < 1.29 is 14.4 Å². The number of nitrogens with two attached hydrogens (primary N) is 1. The van der Waals surface area contributed by atoms with E-state index in [0.29, 0.717) is 12.8 Å². The summed E-state index contributed by atoms with van der Waals surface area (Å²) in [5, 5.41) is 8.68. The number of rotatable bonds is 9. The van der Waals surface area contributed by atoms with Gasteiger partial charge in [0, 0.05) is 6.42 Å². The summed E-state index contributed by atoms with van der Waals surface area (Å²) >= 11 is 0. The van der Waals surface area contributed by atoms with Crippen LogP contribution in [0.25, 0.3) is 0 Å². The zero-order valence-electron chi connectivity index (χ0n) is 16.0. The van der Waals surface area contributed by atoms with E-state index < -0.39 is 18.0 Å². The third-order valence-electron chi connectivity index (χ3n) is 4.66. The van der Waals surface area contributed by atoms with Gasteiger partial charge in [-0.15, -0.1) is 0 Å². The highest BCUT2D eigenvalue weighted by Crippen LogP contribution is 2.10. The quantitative estimate of drug-likeness (QED) is 0.503. The molecule has 1 aliphatic heterocycles. The average Bonchev–Trinajstić information content (AvgIpc) is 3.15. The van der Waals surface area contributed by atoms with E-state index in [0.717, 1.165) is 24.9 Å². The lowest BCUT2D eigenvalue weighted by Crippen LogP contribution is -2.56. The first-order valence-electron chi connectivity index (χ1n) is 9.54. The molecule has 2 rings (SSSR count). The standard InChI is InChI=1S/C20H30N4O3/c1-13(2)11-17(24-19(26)15-9-6-10-22-15)20(27)23-16(18(21)25)12-14-7-4-3-5-8-14/h3-5,7-8,13,15-17,22H,6,9-12H2,1-2H3,(H2,21,25)(H,23,27)(H,24,26)/t15-,16-,17-/m0/s1. The molecule has 0 unspecified atom stereocenters. The van der Waals surface area contributed by atoms with E-state index in [4.69, 9.17) is 5.73 Å². The topological polar surface area (TPSA) is 113 Å². The molecule has 3 atom stereocenters. The van der Waals surface area contributed by atoms with Gasteiger partial charge in [-0.05, 0) is 37.3 Å². The number of nitrogens with one attached hydrogen (secondary N) is 3. The summed E-state index contributed by atoms with van der Waals surface area (Å²) in [6, 6.07) is 7.59. The van der Waals surface area contributed by atoms with Crippen molar-refractivity contribution in [3.63, 3.8) is 0 Å². The van der Waals surface area contributed by atoms with Gasteiger partial charge in [0.2, 0.25) is 17.7 Å². The summed E-state index contributed by atoms with van der Waals surface area (Å²) in [6.07, 6.45) is 2.51. The third kappa shape index (κ3) is 6.67. The fraction of sp³-hybridized carbons (Fsp3) is 0.550. The molecular weight excluding hydrogens is 344 g/mol. The first-order valence-corrected chi connectivity index (χ1v) is 9.54. The Balaban J connectivity index is 2.03. The molecule has 1 aromatic rings. The molecule has 7 heteroatoms. The molecule has 0 bridgehead atoms. The van der Waals surface area contributed by atoms with Gasteiger partial charge in [0.15, 0.2) is 0 Å². The normalized spacial score (nSPS) is 18.7. The van der Waals surface area contributed by atoms with Crippen LogP contribution >= 0.6 is 0 Å². The SMILES string of the molecule is CC(C)C[C@H](NC(=O)[C@@H]1CCCN1)C(=O)N[C@@H](Cc1ccccc1)C(N)=O.